The fraction of sp³-hybridized carbons (Fsp3) is 0.0667. The maximum Gasteiger partial charge on any atom is 0.129 e. The lowest BCUT2D eigenvalue weighted by molar-refractivity contribution is 0.782. The van der Waals surface area contributed by atoms with Gasteiger partial charge in [-0.1, -0.05) is 23.7 Å². The summed E-state index contributed by atoms with van der Waals surface area (Å²) in [5, 5.41) is 5.23. The zero-order chi connectivity index (χ0) is 15.0. The van der Waals surface area contributed by atoms with E-state index in [0.29, 0.717) is 10.8 Å². The normalized spacial score (nSPS) is 10.8. The van der Waals surface area contributed by atoms with Gasteiger partial charge in [0, 0.05) is 34.1 Å². The first-order valence-corrected chi connectivity index (χ1v) is 7.72. The summed E-state index contributed by atoms with van der Waals surface area (Å²) >= 11 is 8.42. The molecule has 2 aromatic heterocycles. The summed E-state index contributed by atoms with van der Waals surface area (Å²) in [6.45, 7) is 0. The second-order valence-electron chi connectivity index (χ2n) is 4.60. The Labute approximate surface area is 141 Å². The number of rotatable bonds is 2. The van der Waals surface area contributed by atoms with Crippen molar-refractivity contribution < 1.29 is 0 Å². The molecule has 0 aliphatic carbocycles. The van der Waals surface area contributed by atoms with Gasteiger partial charge in [-0.2, -0.15) is 5.10 Å². The van der Waals surface area contributed by atoms with E-state index in [-0.39, 0.29) is 0 Å². The standard InChI is InChI=1S/C15H12ClIN4/c1-21-15(18)13(10-3-2-6-19-8-10)14(20-21)9-4-5-12(17)11(16)7-9/h2-8H,18H2,1H3. The monoisotopic (exact) mass is 410 g/mol. The van der Waals surface area contributed by atoms with Gasteiger partial charge < -0.3 is 5.73 Å². The van der Waals surface area contributed by atoms with Crippen molar-refractivity contribution in [2.45, 2.75) is 0 Å². The lowest BCUT2D eigenvalue weighted by Gasteiger charge is -2.05. The lowest BCUT2D eigenvalue weighted by atomic mass is 10.0. The molecular formula is C15H12ClIN4. The predicted molar refractivity (Wildman–Crippen MR) is 94.0 cm³/mol. The summed E-state index contributed by atoms with van der Waals surface area (Å²) in [5.41, 5.74) is 9.74. The number of anilines is 1. The molecule has 0 spiro atoms. The van der Waals surface area contributed by atoms with Gasteiger partial charge in [0.05, 0.1) is 10.6 Å². The minimum absolute atomic E-state index is 0.604. The molecule has 0 atom stereocenters. The SMILES string of the molecule is Cn1nc(-c2ccc(I)c(Cl)c2)c(-c2cccnc2)c1N. The van der Waals surface area contributed by atoms with Crippen LogP contribution < -0.4 is 5.73 Å². The maximum absolute atomic E-state index is 6.22. The van der Waals surface area contributed by atoms with Gasteiger partial charge in [0.25, 0.3) is 0 Å². The largest absolute Gasteiger partial charge is 0.383 e. The van der Waals surface area contributed by atoms with E-state index >= 15 is 0 Å². The number of benzene rings is 1. The van der Waals surface area contributed by atoms with E-state index in [1.54, 1.807) is 17.1 Å². The van der Waals surface area contributed by atoms with Crippen LogP contribution in [0.25, 0.3) is 22.4 Å². The van der Waals surface area contributed by atoms with Crippen LogP contribution in [0, 0.1) is 3.57 Å². The molecule has 106 valence electrons. The van der Waals surface area contributed by atoms with Crippen LogP contribution in [0.2, 0.25) is 5.02 Å². The quantitative estimate of drug-likeness (QED) is 0.650. The van der Waals surface area contributed by atoms with E-state index in [9.17, 15) is 0 Å². The molecule has 0 amide bonds. The summed E-state index contributed by atoms with van der Waals surface area (Å²) in [6, 6.07) is 9.72. The minimum Gasteiger partial charge on any atom is -0.383 e. The van der Waals surface area contributed by atoms with Gasteiger partial charge in [0.2, 0.25) is 0 Å². The summed E-state index contributed by atoms with van der Waals surface area (Å²) in [5.74, 6) is 0.604. The van der Waals surface area contributed by atoms with E-state index in [4.69, 9.17) is 17.3 Å². The number of pyridine rings is 1. The van der Waals surface area contributed by atoms with Crippen LogP contribution in [0.5, 0.6) is 0 Å². The Kier molecular flexibility index (Phi) is 3.86. The molecule has 0 aliphatic rings. The Morgan fingerprint density at radius 1 is 1.24 bits per heavy atom. The fourth-order valence-electron chi connectivity index (χ4n) is 2.18. The number of nitrogen functional groups attached to an aromatic ring is 1. The van der Waals surface area contributed by atoms with Crippen LogP contribution in [-0.4, -0.2) is 14.8 Å². The van der Waals surface area contributed by atoms with Gasteiger partial charge in [-0.25, -0.2) is 0 Å². The molecule has 0 radical (unpaired) electrons. The van der Waals surface area contributed by atoms with Crippen LogP contribution in [0.3, 0.4) is 0 Å². The van der Waals surface area contributed by atoms with Crippen molar-refractivity contribution in [3.8, 4) is 22.4 Å². The first-order chi connectivity index (χ1) is 10.1. The Morgan fingerprint density at radius 3 is 2.71 bits per heavy atom. The third-order valence-electron chi connectivity index (χ3n) is 3.23. The van der Waals surface area contributed by atoms with Gasteiger partial charge in [-0.05, 0) is 40.8 Å². The fourth-order valence-corrected chi connectivity index (χ4v) is 2.69. The highest BCUT2D eigenvalue weighted by molar-refractivity contribution is 14.1. The smallest absolute Gasteiger partial charge is 0.129 e. The first kappa shape index (κ1) is 14.3. The Balaban J connectivity index is 2.24. The average Bonchev–Trinajstić information content (AvgIpc) is 2.79. The van der Waals surface area contributed by atoms with E-state index in [1.165, 1.54) is 0 Å². The van der Waals surface area contributed by atoms with Crippen molar-refractivity contribution in [3.63, 3.8) is 0 Å². The minimum atomic E-state index is 0.604. The van der Waals surface area contributed by atoms with Crippen LogP contribution in [0.15, 0.2) is 42.7 Å². The molecule has 0 saturated heterocycles. The second-order valence-corrected chi connectivity index (χ2v) is 6.17. The molecule has 3 aromatic rings. The molecule has 4 nitrogen and oxygen atoms in total. The van der Waals surface area contributed by atoms with Crippen molar-refractivity contribution in [3.05, 3.63) is 51.3 Å². The second kappa shape index (κ2) is 5.65. The molecule has 0 aliphatic heterocycles. The van der Waals surface area contributed by atoms with E-state index in [2.05, 4.69) is 32.7 Å². The van der Waals surface area contributed by atoms with Crippen LogP contribution in [0.4, 0.5) is 5.82 Å². The van der Waals surface area contributed by atoms with Crippen LogP contribution in [-0.2, 0) is 7.05 Å². The molecule has 2 heterocycles. The van der Waals surface area contributed by atoms with E-state index in [1.807, 2.05) is 37.4 Å². The van der Waals surface area contributed by atoms with Crippen molar-refractivity contribution in [1.29, 1.82) is 0 Å². The highest BCUT2D eigenvalue weighted by Crippen LogP contribution is 2.36. The summed E-state index contributed by atoms with van der Waals surface area (Å²) < 4.78 is 2.67. The van der Waals surface area contributed by atoms with Gasteiger partial charge in [0.15, 0.2) is 0 Å². The Morgan fingerprint density at radius 2 is 2.05 bits per heavy atom. The number of halogens is 2. The van der Waals surface area contributed by atoms with Crippen molar-refractivity contribution in [1.82, 2.24) is 14.8 Å². The number of nitrogens with two attached hydrogens (primary N) is 1. The van der Waals surface area contributed by atoms with Crippen LogP contribution >= 0.6 is 34.2 Å². The van der Waals surface area contributed by atoms with E-state index in [0.717, 1.165) is 26.0 Å². The lowest BCUT2D eigenvalue weighted by Crippen LogP contribution is -1.98. The summed E-state index contributed by atoms with van der Waals surface area (Å²) in [4.78, 5) is 4.16. The first-order valence-electron chi connectivity index (χ1n) is 6.26. The summed E-state index contributed by atoms with van der Waals surface area (Å²) in [6.07, 6.45) is 3.52. The van der Waals surface area contributed by atoms with Gasteiger partial charge in [-0.15, -0.1) is 0 Å². The molecule has 3 rings (SSSR count). The third-order valence-corrected chi connectivity index (χ3v) is 4.81. The van der Waals surface area contributed by atoms with Gasteiger partial charge in [0.1, 0.15) is 11.5 Å². The molecule has 0 unspecified atom stereocenters. The van der Waals surface area contributed by atoms with Gasteiger partial charge in [-0.3, -0.25) is 9.67 Å². The topological polar surface area (TPSA) is 56.7 Å². The molecule has 6 heteroatoms. The zero-order valence-corrected chi connectivity index (χ0v) is 14.1. The predicted octanol–water partition coefficient (Wildman–Crippen LogP) is 3.99. The third kappa shape index (κ3) is 2.63. The highest BCUT2D eigenvalue weighted by Gasteiger charge is 2.18. The molecule has 0 fully saturated rings. The Hall–Kier alpha value is -1.60. The number of aromatic nitrogens is 3. The van der Waals surface area contributed by atoms with Crippen molar-refractivity contribution in [2.24, 2.45) is 7.05 Å². The van der Waals surface area contributed by atoms with Crippen molar-refractivity contribution in [2.75, 3.05) is 5.73 Å². The molecule has 1 aromatic carbocycles. The number of hydrogen-bond acceptors (Lipinski definition) is 3. The van der Waals surface area contributed by atoms with Crippen molar-refractivity contribution >= 4 is 40.0 Å². The van der Waals surface area contributed by atoms with Crippen LogP contribution in [0.1, 0.15) is 0 Å². The number of hydrogen-bond donors (Lipinski definition) is 1. The zero-order valence-electron chi connectivity index (χ0n) is 11.2. The number of nitrogens with zero attached hydrogens (tertiary/aromatic N) is 3. The maximum atomic E-state index is 6.22. The highest BCUT2D eigenvalue weighted by atomic mass is 127. The Bertz CT molecular complexity index is 799. The molecule has 0 bridgehead atoms. The number of aryl methyl sites for hydroxylation is 1. The molecule has 21 heavy (non-hydrogen) atoms. The summed E-state index contributed by atoms with van der Waals surface area (Å²) in [7, 11) is 1.83. The molecule has 2 N–H and O–H groups in total. The average molecular weight is 411 g/mol. The molecule has 0 saturated carbocycles. The van der Waals surface area contributed by atoms with Gasteiger partial charge >= 0.3 is 0 Å². The van der Waals surface area contributed by atoms with E-state index < -0.39 is 0 Å². The molecular weight excluding hydrogens is 399 g/mol.